The van der Waals surface area contributed by atoms with Gasteiger partial charge >= 0.3 is 0 Å². The summed E-state index contributed by atoms with van der Waals surface area (Å²) in [5.74, 6) is 0.773. The SMILES string of the molecule is CC(NCC(C)N(C)C1CC1)C(=O)NCc1ccco1. The standard InChI is InChI=1S/C15H25N3O2/c1-11(18(3)13-6-7-13)9-16-12(2)15(19)17-10-14-5-4-8-20-14/h4-5,8,11-13,16H,6-7,9-10H2,1-3H3,(H,17,19). The highest BCUT2D eigenvalue weighted by Crippen LogP contribution is 2.26. The topological polar surface area (TPSA) is 57.5 Å². The molecule has 1 aromatic heterocycles. The van der Waals surface area contributed by atoms with Gasteiger partial charge in [0, 0.05) is 18.6 Å². The minimum absolute atomic E-state index is 0.00248. The summed E-state index contributed by atoms with van der Waals surface area (Å²) in [6.07, 6.45) is 4.22. The van der Waals surface area contributed by atoms with Crippen LogP contribution in [0.4, 0.5) is 0 Å². The van der Waals surface area contributed by atoms with Crippen LogP contribution in [0.5, 0.6) is 0 Å². The molecule has 0 saturated heterocycles. The van der Waals surface area contributed by atoms with Crippen molar-refractivity contribution in [1.29, 1.82) is 0 Å². The molecule has 0 radical (unpaired) electrons. The first-order valence-corrected chi connectivity index (χ1v) is 7.33. The average Bonchev–Trinajstić information content (AvgIpc) is 3.17. The van der Waals surface area contributed by atoms with E-state index in [1.165, 1.54) is 12.8 Å². The Labute approximate surface area is 120 Å². The van der Waals surface area contributed by atoms with Gasteiger partial charge in [-0.1, -0.05) is 0 Å². The Morgan fingerprint density at radius 2 is 2.25 bits per heavy atom. The highest BCUT2D eigenvalue weighted by atomic mass is 16.3. The van der Waals surface area contributed by atoms with Crippen LogP contribution in [-0.4, -0.2) is 42.5 Å². The lowest BCUT2D eigenvalue weighted by Gasteiger charge is -2.26. The van der Waals surface area contributed by atoms with Gasteiger partial charge in [-0.25, -0.2) is 0 Å². The lowest BCUT2D eigenvalue weighted by Crippen LogP contribution is -2.47. The molecule has 0 aromatic carbocycles. The third-order valence-electron chi connectivity index (χ3n) is 3.95. The highest BCUT2D eigenvalue weighted by molar-refractivity contribution is 5.81. The second-order valence-electron chi connectivity index (χ2n) is 5.67. The largest absolute Gasteiger partial charge is 0.467 e. The predicted octanol–water partition coefficient (Wildman–Crippen LogP) is 1.36. The van der Waals surface area contributed by atoms with Crippen LogP contribution < -0.4 is 10.6 Å². The molecule has 1 amide bonds. The smallest absolute Gasteiger partial charge is 0.237 e. The van der Waals surface area contributed by atoms with Crippen molar-refractivity contribution in [1.82, 2.24) is 15.5 Å². The molecule has 5 nitrogen and oxygen atoms in total. The monoisotopic (exact) mass is 279 g/mol. The van der Waals surface area contributed by atoms with E-state index in [0.717, 1.165) is 18.3 Å². The van der Waals surface area contributed by atoms with Crippen LogP contribution in [-0.2, 0) is 11.3 Å². The van der Waals surface area contributed by atoms with Gasteiger partial charge in [-0.2, -0.15) is 0 Å². The molecule has 1 aromatic rings. The van der Waals surface area contributed by atoms with Gasteiger partial charge in [-0.3, -0.25) is 9.69 Å². The van der Waals surface area contributed by atoms with Crippen molar-refractivity contribution in [2.24, 2.45) is 0 Å². The van der Waals surface area contributed by atoms with Crippen LogP contribution in [0, 0.1) is 0 Å². The molecule has 20 heavy (non-hydrogen) atoms. The number of furan rings is 1. The molecular formula is C15H25N3O2. The number of nitrogens with one attached hydrogen (secondary N) is 2. The summed E-state index contributed by atoms with van der Waals surface area (Å²) in [5, 5.41) is 6.16. The molecule has 1 aliphatic carbocycles. The molecular weight excluding hydrogens is 254 g/mol. The molecule has 0 bridgehead atoms. The Hall–Kier alpha value is -1.33. The average molecular weight is 279 g/mol. The fraction of sp³-hybridized carbons (Fsp3) is 0.667. The van der Waals surface area contributed by atoms with Crippen molar-refractivity contribution in [2.75, 3.05) is 13.6 Å². The van der Waals surface area contributed by atoms with Gasteiger partial charge < -0.3 is 15.1 Å². The van der Waals surface area contributed by atoms with Crippen molar-refractivity contribution in [3.63, 3.8) is 0 Å². The van der Waals surface area contributed by atoms with Crippen molar-refractivity contribution >= 4 is 5.91 Å². The molecule has 2 atom stereocenters. The molecule has 112 valence electrons. The molecule has 2 N–H and O–H groups in total. The molecule has 1 heterocycles. The van der Waals surface area contributed by atoms with Gasteiger partial charge in [0.2, 0.25) is 5.91 Å². The summed E-state index contributed by atoms with van der Waals surface area (Å²) in [6, 6.07) is 4.67. The van der Waals surface area contributed by atoms with Crippen LogP contribution in [0.2, 0.25) is 0 Å². The summed E-state index contributed by atoms with van der Waals surface area (Å²) in [4.78, 5) is 14.3. The summed E-state index contributed by atoms with van der Waals surface area (Å²) in [7, 11) is 2.16. The van der Waals surface area contributed by atoms with E-state index in [-0.39, 0.29) is 11.9 Å². The first-order chi connectivity index (χ1) is 9.58. The first-order valence-electron chi connectivity index (χ1n) is 7.33. The second kappa shape index (κ2) is 6.90. The van der Waals surface area contributed by atoms with Crippen molar-refractivity contribution < 1.29 is 9.21 Å². The maximum Gasteiger partial charge on any atom is 0.237 e. The summed E-state index contributed by atoms with van der Waals surface area (Å²) >= 11 is 0. The Balaban J connectivity index is 1.65. The van der Waals surface area contributed by atoms with E-state index in [1.54, 1.807) is 6.26 Å². The van der Waals surface area contributed by atoms with E-state index in [0.29, 0.717) is 12.6 Å². The molecule has 1 fully saturated rings. The van der Waals surface area contributed by atoms with Gasteiger partial charge in [0.15, 0.2) is 0 Å². The number of likely N-dealkylation sites (N-methyl/N-ethyl adjacent to an activating group) is 1. The van der Waals surface area contributed by atoms with Crippen LogP contribution >= 0.6 is 0 Å². The van der Waals surface area contributed by atoms with Gasteiger partial charge in [0.25, 0.3) is 0 Å². The normalized spacial score (nSPS) is 18.0. The van der Waals surface area contributed by atoms with E-state index in [9.17, 15) is 4.79 Å². The fourth-order valence-corrected chi connectivity index (χ4v) is 2.17. The van der Waals surface area contributed by atoms with Gasteiger partial charge in [-0.05, 0) is 45.9 Å². The zero-order valence-electron chi connectivity index (χ0n) is 12.6. The second-order valence-corrected chi connectivity index (χ2v) is 5.67. The lowest BCUT2D eigenvalue weighted by molar-refractivity contribution is -0.123. The summed E-state index contributed by atoms with van der Waals surface area (Å²) in [6.45, 7) is 5.35. The maximum absolute atomic E-state index is 11.9. The number of carbonyl (C=O) groups excluding carboxylic acids is 1. The van der Waals surface area contributed by atoms with E-state index in [2.05, 4.69) is 29.5 Å². The maximum atomic E-state index is 11.9. The zero-order valence-corrected chi connectivity index (χ0v) is 12.6. The Morgan fingerprint density at radius 1 is 1.50 bits per heavy atom. The fourth-order valence-electron chi connectivity index (χ4n) is 2.17. The lowest BCUT2D eigenvalue weighted by atomic mass is 10.2. The Morgan fingerprint density at radius 3 is 2.85 bits per heavy atom. The zero-order chi connectivity index (χ0) is 14.5. The Bertz CT molecular complexity index is 415. The quantitative estimate of drug-likeness (QED) is 0.754. The number of hydrogen-bond acceptors (Lipinski definition) is 4. The van der Waals surface area contributed by atoms with Crippen molar-refractivity contribution in [3.05, 3.63) is 24.2 Å². The van der Waals surface area contributed by atoms with E-state index in [4.69, 9.17) is 4.42 Å². The summed E-state index contributed by atoms with van der Waals surface area (Å²) < 4.78 is 5.18. The van der Waals surface area contributed by atoms with Crippen molar-refractivity contribution in [2.45, 2.75) is 51.4 Å². The van der Waals surface area contributed by atoms with Crippen LogP contribution in [0.3, 0.4) is 0 Å². The molecule has 1 aliphatic rings. The number of nitrogens with zero attached hydrogens (tertiary/aromatic N) is 1. The molecule has 1 saturated carbocycles. The molecule has 0 aliphatic heterocycles. The minimum atomic E-state index is -0.194. The minimum Gasteiger partial charge on any atom is -0.467 e. The van der Waals surface area contributed by atoms with Crippen molar-refractivity contribution in [3.8, 4) is 0 Å². The van der Waals surface area contributed by atoms with Crippen LogP contribution in [0.15, 0.2) is 22.8 Å². The molecule has 0 spiro atoms. The number of rotatable bonds is 8. The van der Waals surface area contributed by atoms with Gasteiger partial charge in [0.05, 0.1) is 18.8 Å². The van der Waals surface area contributed by atoms with Crippen LogP contribution in [0.1, 0.15) is 32.4 Å². The number of hydrogen-bond donors (Lipinski definition) is 2. The molecule has 2 rings (SSSR count). The van der Waals surface area contributed by atoms with E-state index >= 15 is 0 Å². The van der Waals surface area contributed by atoms with Gasteiger partial charge in [0.1, 0.15) is 5.76 Å². The first kappa shape index (κ1) is 15.1. The third-order valence-corrected chi connectivity index (χ3v) is 3.95. The van der Waals surface area contributed by atoms with Crippen LogP contribution in [0.25, 0.3) is 0 Å². The van der Waals surface area contributed by atoms with E-state index in [1.807, 2.05) is 19.1 Å². The highest BCUT2D eigenvalue weighted by Gasteiger charge is 2.29. The predicted molar refractivity (Wildman–Crippen MR) is 78.3 cm³/mol. The van der Waals surface area contributed by atoms with Gasteiger partial charge in [-0.15, -0.1) is 0 Å². The number of carbonyl (C=O) groups is 1. The third kappa shape index (κ3) is 4.35. The number of amides is 1. The molecule has 2 unspecified atom stereocenters. The van der Waals surface area contributed by atoms with E-state index < -0.39 is 0 Å². The summed E-state index contributed by atoms with van der Waals surface area (Å²) in [5.41, 5.74) is 0. The Kier molecular flexibility index (Phi) is 5.20. The molecule has 5 heteroatoms.